The van der Waals surface area contributed by atoms with Gasteiger partial charge in [-0.05, 0) is 0 Å². The van der Waals surface area contributed by atoms with Gasteiger partial charge in [0, 0.05) is 0 Å². The van der Waals surface area contributed by atoms with E-state index in [0.717, 1.165) is 0 Å². The Balaban J connectivity index is 4.52. The molecule has 164 valence electrons. The van der Waals surface area contributed by atoms with Gasteiger partial charge in [-0.25, -0.2) is 0 Å². The van der Waals surface area contributed by atoms with E-state index >= 15 is 0 Å². The average molecular weight is 487 g/mol. The molecule has 0 heterocycles. The van der Waals surface area contributed by atoms with E-state index < -0.39 is 18.4 Å². The Morgan fingerprint density at radius 2 is 0.519 bits per heavy atom. The van der Waals surface area contributed by atoms with Gasteiger partial charge in [0.2, 0.25) is 0 Å². The maximum absolute atomic E-state index is 2.38. The molecule has 0 radical (unpaired) electrons. The number of rotatable bonds is 22. The van der Waals surface area contributed by atoms with Crippen LogP contribution >= 0.6 is 0 Å². The van der Waals surface area contributed by atoms with E-state index in [1.807, 2.05) is 0 Å². The summed E-state index contributed by atoms with van der Waals surface area (Å²) >= 11 is -1.88. The predicted octanol–water partition coefficient (Wildman–Crippen LogP) is 10.5. The van der Waals surface area contributed by atoms with Gasteiger partial charge in [0.1, 0.15) is 0 Å². The minimum absolute atomic E-state index is 1.38. The average Bonchev–Trinajstić information content (AvgIpc) is 2.67. The van der Waals surface area contributed by atoms with E-state index in [9.17, 15) is 0 Å². The van der Waals surface area contributed by atoms with Crippen LogP contribution in [-0.2, 0) is 0 Å². The summed E-state index contributed by atoms with van der Waals surface area (Å²) < 4.78 is 6.94. The normalized spacial score (nSPS) is 12.0. The molecule has 0 aliphatic heterocycles. The van der Waals surface area contributed by atoms with Crippen LogP contribution in [0.25, 0.3) is 0 Å². The molecule has 0 saturated carbocycles. The molecule has 1 heteroatoms. The van der Waals surface area contributed by atoms with Crippen molar-refractivity contribution in [3.63, 3.8) is 0 Å². The first-order valence-electron chi connectivity index (χ1n) is 13.2. The zero-order valence-electron chi connectivity index (χ0n) is 20.1. The summed E-state index contributed by atoms with van der Waals surface area (Å²) in [5.74, 6) is 0. The zero-order chi connectivity index (χ0) is 20.1. The van der Waals surface area contributed by atoms with E-state index in [0.29, 0.717) is 0 Å². The first-order valence-corrected chi connectivity index (χ1v) is 21.3. The van der Waals surface area contributed by atoms with Gasteiger partial charge in [-0.1, -0.05) is 0 Å². The molecule has 0 aromatic carbocycles. The monoisotopic (exact) mass is 488 g/mol. The molecule has 0 saturated heterocycles. The molecule has 0 rings (SSSR count). The Morgan fingerprint density at radius 3 is 0.852 bits per heavy atom. The minimum atomic E-state index is -1.88. The van der Waals surface area contributed by atoms with Crippen LogP contribution in [0, 0.1) is 0 Å². The molecule has 0 aromatic rings. The molecule has 0 atom stereocenters. The summed E-state index contributed by atoms with van der Waals surface area (Å²) in [6.07, 6.45) is 26.9. The van der Waals surface area contributed by atoms with Crippen molar-refractivity contribution in [3.05, 3.63) is 0 Å². The van der Waals surface area contributed by atoms with Gasteiger partial charge in [-0.15, -0.1) is 0 Å². The van der Waals surface area contributed by atoms with Gasteiger partial charge in [0.05, 0.1) is 0 Å². The molecular weight excluding hydrogens is 431 g/mol. The van der Waals surface area contributed by atoms with Crippen molar-refractivity contribution in [2.24, 2.45) is 0 Å². The van der Waals surface area contributed by atoms with Crippen molar-refractivity contribution in [1.82, 2.24) is 0 Å². The van der Waals surface area contributed by atoms with E-state index in [1.165, 1.54) is 89.9 Å². The van der Waals surface area contributed by atoms with Crippen molar-refractivity contribution in [1.29, 1.82) is 0 Å². The van der Waals surface area contributed by atoms with Crippen LogP contribution in [0.15, 0.2) is 0 Å². The zero-order valence-corrected chi connectivity index (χ0v) is 22.9. The molecule has 0 spiro atoms. The Kier molecular flexibility index (Phi) is 22.1. The molecule has 0 aromatic heterocycles. The summed E-state index contributed by atoms with van der Waals surface area (Å²) in [5, 5.41) is 0. The van der Waals surface area contributed by atoms with Crippen LogP contribution in [-0.4, -0.2) is 18.4 Å². The summed E-state index contributed by atoms with van der Waals surface area (Å²) in [6.45, 7) is 9.44. The molecule has 0 bridgehead atoms. The van der Waals surface area contributed by atoms with E-state index in [4.69, 9.17) is 0 Å². The second kappa shape index (κ2) is 21.5. The summed E-state index contributed by atoms with van der Waals surface area (Å²) in [7, 11) is 0. The van der Waals surface area contributed by atoms with Gasteiger partial charge >= 0.3 is 179 Å². The predicted molar refractivity (Wildman–Crippen MR) is 131 cm³/mol. The van der Waals surface area contributed by atoms with Gasteiger partial charge in [-0.3, -0.25) is 0 Å². The SMILES string of the molecule is CCCCCCC[CH2][Sn]([CH2]CCCC)([CH2]CCCC)[CH2]CCCCCCC. The summed E-state index contributed by atoms with van der Waals surface area (Å²) in [6, 6.07) is 0. The molecular formula is C26H56Sn. The Hall–Kier alpha value is 0.799. The van der Waals surface area contributed by atoms with Crippen molar-refractivity contribution >= 4 is 18.4 Å². The fourth-order valence-electron chi connectivity index (χ4n) is 4.81. The first kappa shape index (κ1) is 27.8. The third kappa shape index (κ3) is 17.4. The summed E-state index contributed by atoms with van der Waals surface area (Å²) in [5.41, 5.74) is 0. The second-order valence-electron chi connectivity index (χ2n) is 9.45. The Bertz CT molecular complexity index is 245. The number of hydrogen-bond acceptors (Lipinski definition) is 0. The molecule has 0 aliphatic rings. The van der Waals surface area contributed by atoms with Crippen LogP contribution in [0.5, 0.6) is 0 Å². The Labute approximate surface area is 178 Å². The van der Waals surface area contributed by atoms with Crippen molar-refractivity contribution in [3.8, 4) is 0 Å². The molecule has 0 N–H and O–H groups in total. The van der Waals surface area contributed by atoms with E-state index in [1.54, 1.807) is 43.4 Å². The fourth-order valence-corrected chi connectivity index (χ4v) is 20.5. The van der Waals surface area contributed by atoms with E-state index in [2.05, 4.69) is 27.7 Å². The number of hydrogen-bond donors (Lipinski definition) is 0. The third-order valence-electron chi connectivity index (χ3n) is 6.74. The van der Waals surface area contributed by atoms with Crippen LogP contribution in [0.1, 0.15) is 143 Å². The molecule has 0 fully saturated rings. The maximum atomic E-state index is 2.38. The van der Waals surface area contributed by atoms with Crippen molar-refractivity contribution < 1.29 is 0 Å². The van der Waals surface area contributed by atoms with Crippen LogP contribution < -0.4 is 0 Å². The summed E-state index contributed by atoms with van der Waals surface area (Å²) in [4.78, 5) is 0. The van der Waals surface area contributed by atoms with Crippen molar-refractivity contribution in [2.45, 2.75) is 161 Å². The van der Waals surface area contributed by atoms with Gasteiger partial charge < -0.3 is 0 Å². The van der Waals surface area contributed by atoms with Crippen LogP contribution in [0.2, 0.25) is 17.7 Å². The molecule has 0 nitrogen and oxygen atoms in total. The van der Waals surface area contributed by atoms with E-state index in [-0.39, 0.29) is 0 Å². The van der Waals surface area contributed by atoms with Gasteiger partial charge in [-0.2, -0.15) is 0 Å². The van der Waals surface area contributed by atoms with Crippen LogP contribution in [0.4, 0.5) is 0 Å². The molecule has 0 unspecified atom stereocenters. The molecule has 0 aliphatic carbocycles. The molecule has 27 heavy (non-hydrogen) atoms. The van der Waals surface area contributed by atoms with Crippen LogP contribution in [0.3, 0.4) is 0 Å². The number of unbranched alkanes of at least 4 members (excludes halogenated alkanes) is 14. The first-order chi connectivity index (χ1) is 13.2. The topological polar surface area (TPSA) is 0 Å². The quantitative estimate of drug-likeness (QED) is 0.105. The third-order valence-corrected chi connectivity index (χ3v) is 22.9. The Morgan fingerprint density at radius 1 is 0.296 bits per heavy atom. The van der Waals surface area contributed by atoms with Gasteiger partial charge in [0.25, 0.3) is 0 Å². The molecule has 0 amide bonds. The standard InChI is InChI=1S/2C8H17.2C5H11.Sn/c2*1-3-5-7-8-6-4-2;2*1-3-5-4-2;/h2*1,3-8H2,2H3;2*1,3-5H2,2H3;. The van der Waals surface area contributed by atoms with Gasteiger partial charge in [0.15, 0.2) is 0 Å². The van der Waals surface area contributed by atoms with Crippen molar-refractivity contribution in [2.75, 3.05) is 0 Å². The fraction of sp³-hybridized carbons (Fsp3) is 1.00. The second-order valence-corrected chi connectivity index (χ2v) is 23.7.